The first-order valence-corrected chi connectivity index (χ1v) is 9.54. The maximum atomic E-state index is 13.2. The van der Waals surface area contributed by atoms with Crippen molar-refractivity contribution in [2.24, 2.45) is 0 Å². The molecule has 2 N–H and O–H groups in total. The Morgan fingerprint density at radius 1 is 0.968 bits per heavy atom. The second-order valence-electron chi connectivity index (χ2n) is 6.82. The summed E-state index contributed by atoms with van der Waals surface area (Å²) < 4.78 is 18.6. The van der Waals surface area contributed by atoms with Crippen LogP contribution in [0.5, 0.6) is 5.75 Å². The minimum atomic E-state index is -0.286. The van der Waals surface area contributed by atoms with Gasteiger partial charge in [0.1, 0.15) is 17.4 Å². The van der Waals surface area contributed by atoms with E-state index in [4.69, 9.17) is 9.72 Å². The van der Waals surface area contributed by atoms with Crippen LogP contribution < -0.4 is 10.1 Å². The number of nitrogens with one attached hydrogen (secondary N) is 2. The molecule has 0 atom stereocenters. The fourth-order valence-electron chi connectivity index (χ4n) is 3.24. The summed E-state index contributed by atoms with van der Waals surface area (Å²) in [6, 6.07) is 17.4. The number of ether oxygens (including phenoxy) is 1. The van der Waals surface area contributed by atoms with Gasteiger partial charge < -0.3 is 10.1 Å². The van der Waals surface area contributed by atoms with Gasteiger partial charge in [-0.1, -0.05) is 0 Å². The molecule has 0 amide bonds. The molecule has 0 aliphatic rings. The average molecular weight is 412 g/mol. The number of aromatic amines is 1. The number of halogens is 1. The SMILES string of the molecule is COc1ccc2nc(-c3cccnc3)nc(Nc3cc(-c4ccc(F)cc4)[nH]n3)c2c1. The molecule has 0 bridgehead atoms. The van der Waals surface area contributed by atoms with Gasteiger partial charge in [0.15, 0.2) is 11.6 Å². The highest BCUT2D eigenvalue weighted by atomic mass is 19.1. The molecule has 7 nitrogen and oxygen atoms in total. The van der Waals surface area contributed by atoms with Gasteiger partial charge in [0.25, 0.3) is 0 Å². The van der Waals surface area contributed by atoms with E-state index in [1.165, 1.54) is 12.1 Å². The lowest BCUT2D eigenvalue weighted by atomic mass is 10.1. The zero-order chi connectivity index (χ0) is 21.2. The van der Waals surface area contributed by atoms with E-state index in [-0.39, 0.29) is 5.82 Å². The van der Waals surface area contributed by atoms with E-state index in [0.717, 1.165) is 27.7 Å². The van der Waals surface area contributed by atoms with Gasteiger partial charge in [0.05, 0.1) is 18.3 Å². The number of fused-ring (bicyclic) bond motifs is 1. The molecule has 5 aromatic rings. The predicted molar refractivity (Wildman–Crippen MR) is 117 cm³/mol. The van der Waals surface area contributed by atoms with Crippen LogP contribution in [0.4, 0.5) is 16.0 Å². The van der Waals surface area contributed by atoms with Crippen molar-refractivity contribution in [3.05, 3.63) is 78.9 Å². The van der Waals surface area contributed by atoms with Gasteiger partial charge in [-0.2, -0.15) is 5.10 Å². The normalized spacial score (nSPS) is 10.9. The maximum absolute atomic E-state index is 13.2. The number of hydrogen-bond acceptors (Lipinski definition) is 6. The molecule has 0 spiro atoms. The third-order valence-corrected chi connectivity index (χ3v) is 4.80. The summed E-state index contributed by atoms with van der Waals surface area (Å²) in [7, 11) is 1.61. The Morgan fingerprint density at radius 3 is 2.61 bits per heavy atom. The quantitative estimate of drug-likeness (QED) is 0.424. The van der Waals surface area contributed by atoms with Gasteiger partial charge in [0, 0.05) is 29.4 Å². The van der Waals surface area contributed by atoms with Crippen LogP contribution in [0, 0.1) is 5.82 Å². The largest absolute Gasteiger partial charge is 0.497 e. The van der Waals surface area contributed by atoms with E-state index in [1.54, 1.807) is 31.6 Å². The Hall–Kier alpha value is -4.33. The Labute approximate surface area is 177 Å². The van der Waals surface area contributed by atoms with Gasteiger partial charge >= 0.3 is 0 Å². The minimum Gasteiger partial charge on any atom is -0.497 e. The fraction of sp³-hybridized carbons (Fsp3) is 0.0435. The van der Waals surface area contributed by atoms with E-state index < -0.39 is 0 Å². The minimum absolute atomic E-state index is 0.286. The molecule has 0 saturated heterocycles. The summed E-state index contributed by atoms with van der Waals surface area (Å²) in [4.78, 5) is 13.5. The van der Waals surface area contributed by atoms with Gasteiger partial charge in [-0.3, -0.25) is 10.1 Å². The molecular formula is C23H17FN6O. The number of methoxy groups -OCH3 is 1. The van der Waals surface area contributed by atoms with Gasteiger partial charge in [0.2, 0.25) is 0 Å². The molecular weight excluding hydrogens is 395 g/mol. The van der Waals surface area contributed by atoms with Crippen molar-refractivity contribution in [1.29, 1.82) is 0 Å². The molecule has 152 valence electrons. The molecule has 0 saturated carbocycles. The van der Waals surface area contributed by atoms with Crippen LogP contribution in [0.15, 0.2) is 73.1 Å². The van der Waals surface area contributed by atoms with Crippen molar-refractivity contribution in [1.82, 2.24) is 25.1 Å². The summed E-state index contributed by atoms with van der Waals surface area (Å²) in [6.45, 7) is 0. The highest BCUT2D eigenvalue weighted by Gasteiger charge is 2.13. The van der Waals surface area contributed by atoms with E-state index in [2.05, 4.69) is 25.5 Å². The lowest BCUT2D eigenvalue weighted by Crippen LogP contribution is -2.00. The molecule has 0 radical (unpaired) electrons. The third kappa shape index (κ3) is 3.78. The summed E-state index contributed by atoms with van der Waals surface area (Å²) in [5.41, 5.74) is 3.14. The van der Waals surface area contributed by atoms with E-state index in [0.29, 0.717) is 23.2 Å². The van der Waals surface area contributed by atoms with Crippen LogP contribution in [-0.4, -0.2) is 32.3 Å². The van der Waals surface area contributed by atoms with Crippen LogP contribution >= 0.6 is 0 Å². The first-order valence-electron chi connectivity index (χ1n) is 9.54. The first kappa shape index (κ1) is 18.7. The van der Waals surface area contributed by atoms with Crippen LogP contribution in [0.25, 0.3) is 33.5 Å². The molecule has 3 aromatic heterocycles. The second kappa shape index (κ2) is 7.83. The van der Waals surface area contributed by atoms with Gasteiger partial charge in [-0.25, -0.2) is 14.4 Å². The zero-order valence-corrected chi connectivity index (χ0v) is 16.5. The molecule has 3 heterocycles. The first-order chi connectivity index (χ1) is 15.2. The Morgan fingerprint density at radius 2 is 1.84 bits per heavy atom. The van der Waals surface area contributed by atoms with Crippen molar-refractivity contribution in [2.45, 2.75) is 0 Å². The van der Waals surface area contributed by atoms with Crippen molar-refractivity contribution in [3.8, 4) is 28.4 Å². The van der Waals surface area contributed by atoms with Gasteiger partial charge in [-0.15, -0.1) is 0 Å². The number of rotatable bonds is 5. The van der Waals surface area contributed by atoms with E-state index >= 15 is 0 Å². The molecule has 0 fully saturated rings. The standard InChI is InChI=1S/C23H17FN6O/c1-31-17-8-9-19-18(11-17)23(28-22(26-19)15-3-2-10-25-13-15)27-21-12-20(29-30-21)14-4-6-16(24)7-5-14/h2-13H,1H3,(H2,26,27,28,29,30). The van der Waals surface area contributed by atoms with Crippen molar-refractivity contribution < 1.29 is 9.13 Å². The summed E-state index contributed by atoms with van der Waals surface area (Å²) >= 11 is 0. The number of aromatic nitrogens is 5. The molecule has 0 aliphatic heterocycles. The smallest absolute Gasteiger partial charge is 0.163 e. The van der Waals surface area contributed by atoms with Crippen LogP contribution in [0.1, 0.15) is 0 Å². The topological polar surface area (TPSA) is 88.6 Å². The second-order valence-corrected chi connectivity index (χ2v) is 6.82. The monoisotopic (exact) mass is 412 g/mol. The molecule has 5 rings (SSSR count). The summed E-state index contributed by atoms with van der Waals surface area (Å²) in [6.07, 6.45) is 3.42. The van der Waals surface area contributed by atoms with Crippen molar-refractivity contribution in [2.75, 3.05) is 12.4 Å². The lowest BCUT2D eigenvalue weighted by molar-refractivity contribution is 0.415. The van der Waals surface area contributed by atoms with Gasteiger partial charge in [-0.05, 0) is 60.2 Å². The lowest BCUT2D eigenvalue weighted by Gasteiger charge is -2.10. The van der Waals surface area contributed by atoms with E-state index in [9.17, 15) is 4.39 Å². The number of pyridine rings is 1. The third-order valence-electron chi connectivity index (χ3n) is 4.80. The zero-order valence-electron chi connectivity index (χ0n) is 16.5. The summed E-state index contributed by atoms with van der Waals surface area (Å²) in [5, 5.41) is 11.4. The fourth-order valence-corrected chi connectivity index (χ4v) is 3.24. The molecule has 8 heteroatoms. The van der Waals surface area contributed by atoms with Crippen molar-refractivity contribution in [3.63, 3.8) is 0 Å². The number of nitrogens with zero attached hydrogens (tertiary/aromatic N) is 4. The predicted octanol–water partition coefficient (Wildman–Crippen LogP) is 4.97. The van der Waals surface area contributed by atoms with Crippen LogP contribution in [-0.2, 0) is 0 Å². The van der Waals surface area contributed by atoms with Crippen LogP contribution in [0.2, 0.25) is 0 Å². The molecule has 0 unspecified atom stereocenters. The van der Waals surface area contributed by atoms with Crippen molar-refractivity contribution >= 4 is 22.5 Å². The molecule has 31 heavy (non-hydrogen) atoms. The number of anilines is 2. The Kier molecular flexibility index (Phi) is 4.72. The molecule has 2 aromatic carbocycles. The Bertz CT molecular complexity index is 1350. The average Bonchev–Trinajstić information content (AvgIpc) is 3.28. The van der Waals surface area contributed by atoms with Crippen LogP contribution in [0.3, 0.4) is 0 Å². The number of H-pyrrole nitrogens is 1. The number of benzene rings is 2. The van der Waals surface area contributed by atoms with E-state index in [1.807, 2.05) is 36.4 Å². The Balaban J connectivity index is 1.57. The highest BCUT2D eigenvalue weighted by Crippen LogP contribution is 2.30. The highest BCUT2D eigenvalue weighted by molar-refractivity contribution is 5.93. The number of hydrogen-bond donors (Lipinski definition) is 2. The maximum Gasteiger partial charge on any atom is 0.163 e. The summed E-state index contributed by atoms with van der Waals surface area (Å²) in [5.74, 6) is 2.11. The molecule has 0 aliphatic carbocycles.